The number of Topliss-reactive ketones (excluding diaryl/α,β-unsaturated/α-hetero) is 1. The number of carbonyl (C=O) groups is 3. The maximum Gasteiger partial charge on any atom is 0.326 e. The van der Waals surface area contributed by atoms with Gasteiger partial charge in [-0.25, -0.2) is 14.2 Å². The number of rotatable bonds is 18. The minimum absolute atomic E-state index is 0.000742. The van der Waals surface area contributed by atoms with Crippen LogP contribution in [0.1, 0.15) is 123 Å². The van der Waals surface area contributed by atoms with E-state index in [1.54, 1.807) is 30.8 Å². The molecule has 0 spiro atoms. The van der Waals surface area contributed by atoms with Crippen molar-refractivity contribution in [3.8, 4) is 29.0 Å². The van der Waals surface area contributed by atoms with Crippen LogP contribution in [0.2, 0.25) is 10.0 Å². The van der Waals surface area contributed by atoms with E-state index < -0.39 is 23.0 Å². The van der Waals surface area contributed by atoms with Gasteiger partial charge in [-0.15, -0.1) is 0 Å². The first-order valence-electron chi connectivity index (χ1n) is 28.5. The molecule has 0 saturated carbocycles. The summed E-state index contributed by atoms with van der Waals surface area (Å²) in [4.78, 5) is 60.3. The SMILES string of the molecule is CCOc1cc(C(C)(C)C)ccc1C1=N[C@](C)(c2ccc(Cl)cc2)[C@](C)(c2ccc(Cl)cc2)N1C(=O)N1CCN(CCOCCOCCC(=O)CCCn2nc(C#N)c3c2CN(C)C(=O)c2ccc(F)cc2[C@@H](C)Oc2nc-3ccc2N)CC1. The van der Waals surface area contributed by atoms with Crippen molar-refractivity contribution in [3.05, 3.63) is 158 Å². The number of fused-ring (bicyclic) bond motifs is 5. The molecule has 1 fully saturated rings. The van der Waals surface area contributed by atoms with Crippen molar-refractivity contribution in [1.29, 1.82) is 5.26 Å². The van der Waals surface area contributed by atoms with Crippen LogP contribution in [-0.2, 0) is 43.9 Å². The number of amidine groups is 1. The van der Waals surface area contributed by atoms with Crippen molar-refractivity contribution in [3.63, 3.8) is 0 Å². The number of anilines is 1. The van der Waals surface area contributed by atoms with Crippen LogP contribution in [0.25, 0.3) is 11.3 Å². The number of benzene rings is 4. The quantitative estimate of drug-likeness (QED) is 0.0802. The topological polar surface area (TPSA) is 194 Å². The highest BCUT2D eigenvalue weighted by Gasteiger charge is 2.60. The molecule has 3 atom stereocenters. The number of hydrogen-bond donors (Lipinski definition) is 1. The first-order chi connectivity index (χ1) is 40.1. The average Bonchev–Trinajstić information content (AvgIpc) is 3.25. The minimum Gasteiger partial charge on any atom is -0.493 e. The number of pyridine rings is 1. The van der Waals surface area contributed by atoms with Crippen LogP contribution in [0, 0.1) is 17.1 Å². The Morgan fingerprint density at radius 3 is 2.19 bits per heavy atom. The zero-order valence-electron chi connectivity index (χ0n) is 49.0. The number of nitrogen functional groups attached to an aromatic ring is 1. The van der Waals surface area contributed by atoms with Gasteiger partial charge in [0.2, 0.25) is 5.88 Å². The molecule has 5 heterocycles. The van der Waals surface area contributed by atoms with Gasteiger partial charge >= 0.3 is 6.03 Å². The van der Waals surface area contributed by atoms with Gasteiger partial charge in [-0.1, -0.05) is 74.3 Å². The second-order valence-electron chi connectivity index (χ2n) is 22.8. The predicted molar refractivity (Wildman–Crippen MR) is 322 cm³/mol. The third kappa shape index (κ3) is 12.8. The summed E-state index contributed by atoms with van der Waals surface area (Å²) < 4.78 is 40.4. The van der Waals surface area contributed by atoms with Gasteiger partial charge < -0.3 is 34.5 Å². The van der Waals surface area contributed by atoms with E-state index >= 15 is 4.79 Å². The van der Waals surface area contributed by atoms with Gasteiger partial charge in [-0.05, 0) is 123 Å². The molecule has 2 N–H and O–H groups in total. The summed E-state index contributed by atoms with van der Waals surface area (Å²) in [5.41, 5.74) is 9.87. The van der Waals surface area contributed by atoms with Crippen LogP contribution in [0.3, 0.4) is 0 Å². The molecule has 3 aliphatic rings. The Balaban J connectivity index is 0.777. The minimum atomic E-state index is -1.05. The molecule has 4 aromatic carbocycles. The smallest absolute Gasteiger partial charge is 0.326 e. The molecule has 1 saturated heterocycles. The van der Waals surface area contributed by atoms with E-state index in [4.69, 9.17) is 52.9 Å². The van der Waals surface area contributed by atoms with E-state index in [9.17, 15) is 19.2 Å². The highest BCUT2D eigenvalue weighted by Crippen LogP contribution is 2.54. The van der Waals surface area contributed by atoms with Gasteiger partial charge in [0.25, 0.3) is 5.91 Å². The fourth-order valence-electron chi connectivity index (χ4n) is 11.2. The number of amides is 3. The molecule has 84 heavy (non-hydrogen) atoms. The summed E-state index contributed by atoms with van der Waals surface area (Å²) in [7, 11) is 1.62. The second kappa shape index (κ2) is 25.8. The van der Waals surface area contributed by atoms with E-state index in [1.165, 1.54) is 23.1 Å². The lowest BCUT2D eigenvalue weighted by Gasteiger charge is -2.47. The van der Waals surface area contributed by atoms with Crippen LogP contribution in [-0.4, -0.2) is 131 Å². The normalized spacial score (nSPS) is 19.2. The van der Waals surface area contributed by atoms with Crippen molar-refractivity contribution in [2.45, 2.75) is 103 Å². The fourth-order valence-corrected chi connectivity index (χ4v) is 11.5. The molecule has 0 radical (unpaired) electrons. The maximum absolute atomic E-state index is 15.5. The van der Waals surface area contributed by atoms with Gasteiger partial charge in [0.05, 0.1) is 67.8 Å². The number of aryl methyl sites for hydroxylation is 1. The van der Waals surface area contributed by atoms with E-state index in [1.807, 2.05) is 71.3 Å². The second-order valence-corrected chi connectivity index (χ2v) is 23.7. The number of nitrogens with two attached hydrogens (primary N) is 1. The third-order valence-electron chi connectivity index (χ3n) is 16.3. The summed E-state index contributed by atoms with van der Waals surface area (Å²) >= 11 is 13.0. The Bertz CT molecular complexity index is 3470. The predicted octanol–water partition coefficient (Wildman–Crippen LogP) is 11.4. The lowest BCUT2D eigenvalue weighted by atomic mass is 9.71. The first-order valence-corrected chi connectivity index (χ1v) is 29.3. The first kappa shape index (κ1) is 61.2. The summed E-state index contributed by atoms with van der Waals surface area (Å²) in [6.45, 7) is 19.3. The molecule has 6 aromatic rings. The molecule has 2 bridgehead atoms. The van der Waals surface area contributed by atoms with Crippen molar-refractivity contribution < 1.29 is 37.7 Å². The number of piperazine rings is 1. The Morgan fingerprint density at radius 1 is 0.857 bits per heavy atom. The lowest BCUT2D eigenvalue weighted by molar-refractivity contribution is -0.120. The van der Waals surface area contributed by atoms with Crippen molar-refractivity contribution >= 4 is 52.4 Å². The molecule has 9 rings (SSSR count). The van der Waals surface area contributed by atoms with Crippen LogP contribution in [0.15, 0.2) is 102 Å². The molecule has 3 aliphatic heterocycles. The van der Waals surface area contributed by atoms with Gasteiger partial charge in [0, 0.05) is 80.3 Å². The lowest BCUT2D eigenvalue weighted by Crippen LogP contribution is -2.60. The Labute approximate surface area is 501 Å². The van der Waals surface area contributed by atoms with Gasteiger partial charge in [-0.2, -0.15) is 10.4 Å². The number of aliphatic imine (C=N–C) groups is 1. The fraction of sp³-hybridized carbons (Fsp3) is 0.422. The Hall–Kier alpha value is -7.40. The summed E-state index contributed by atoms with van der Waals surface area (Å²) in [6, 6.07) is 30.7. The van der Waals surface area contributed by atoms with Gasteiger partial charge in [0.1, 0.15) is 46.4 Å². The standard InChI is InChI=1S/C64H73Cl2FN10O7/c1-9-83-56-37-44(62(3,4)5)16-22-50(56)58-71-63(6,42-12-17-45(65)18-13-42)64(7,43-14-19-46(66)20-15-43)77(58)61(80)75-30-28-74(29-31-75)32-34-82-36-35-81-33-26-48(78)11-10-27-76-55-40-73(8)60(79)49-23-21-47(67)38-51(49)41(2)84-59-52(69)24-25-53(70-59)57(55)54(39-68)72-76/h12-25,37-38,41H,9-11,26-36,40,69H2,1-8H3/t41-,63-,64+/m1/s1. The molecular weight excluding hydrogens is 1110 g/mol. The largest absolute Gasteiger partial charge is 0.493 e. The van der Waals surface area contributed by atoms with Crippen LogP contribution in [0.4, 0.5) is 14.9 Å². The van der Waals surface area contributed by atoms with E-state index in [0.717, 1.165) is 22.3 Å². The molecule has 0 unspecified atom stereocenters. The maximum atomic E-state index is 15.5. The average molecular weight is 1180 g/mol. The highest BCUT2D eigenvalue weighted by atomic mass is 35.5. The molecular formula is C64H73Cl2FN10O7. The van der Waals surface area contributed by atoms with Crippen molar-refractivity contribution in [2.24, 2.45) is 4.99 Å². The number of ether oxygens (including phenoxy) is 4. The molecule has 0 aliphatic carbocycles. The van der Waals surface area contributed by atoms with Crippen molar-refractivity contribution in [1.82, 2.24) is 34.4 Å². The number of nitriles is 1. The monoisotopic (exact) mass is 1180 g/mol. The third-order valence-corrected chi connectivity index (χ3v) is 16.8. The highest BCUT2D eigenvalue weighted by molar-refractivity contribution is 6.30. The van der Waals surface area contributed by atoms with Crippen molar-refractivity contribution in [2.75, 3.05) is 78.5 Å². The van der Waals surface area contributed by atoms with E-state index in [2.05, 4.69) is 67.8 Å². The summed E-state index contributed by atoms with van der Waals surface area (Å²) in [5.74, 6) is 0.324. The molecule has 20 heteroatoms. The van der Waals surface area contributed by atoms with E-state index in [-0.39, 0.29) is 78.5 Å². The Morgan fingerprint density at radius 2 is 1.52 bits per heavy atom. The number of nitrogens with zero attached hydrogens (tertiary/aromatic N) is 9. The number of halogens is 3. The molecule has 17 nitrogen and oxygen atoms in total. The molecule has 442 valence electrons. The number of aromatic nitrogens is 3. The number of urea groups is 1. The summed E-state index contributed by atoms with van der Waals surface area (Å²) in [5, 5.41) is 16.0. The molecule has 3 amide bonds. The van der Waals surface area contributed by atoms with E-state index in [0.29, 0.717) is 110 Å². The number of hydrogen-bond acceptors (Lipinski definition) is 13. The van der Waals surface area contributed by atoms with Crippen LogP contribution < -0.4 is 15.2 Å². The molecule has 2 aromatic heterocycles. The summed E-state index contributed by atoms with van der Waals surface area (Å²) in [6.07, 6.45) is 0.0629. The Kier molecular flexibility index (Phi) is 18.8. The number of ketones is 1. The zero-order valence-corrected chi connectivity index (χ0v) is 50.5. The number of carbonyl (C=O) groups excluding carboxylic acids is 3. The zero-order chi connectivity index (χ0) is 60.1. The van der Waals surface area contributed by atoms with Gasteiger partial charge in [-0.3, -0.25) is 29.1 Å². The van der Waals surface area contributed by atoms with Gasteiger partial charge in [0.15, 0.2) is 5.69 Å². The van der Waals surface area contributed by atoms with Crippen LogP contribution in [0.5, 0.6) is 11.6 Å². The van der Waals surface area contributed by atoms with Crippen LogP contribution >= 0.6 is 23.2 Å².